The Morgan fingerprint density at radius 3 is 2.88 bits per heavy atom. The van der Waals surface area contributed by atoms with Gasteiger partial charge in [-0.15, -0.1) is 0 Å². The third-order valence-electron chi connectivity index (χ3n) is 2.68. The summed E-state index contributed by atoms with van der Waals surface area (Å²) >= 11 is 0. The van der Waals surface area contributed by atoms with Gasteiger partial charge in [0.15, 0.2) is 0 Å². The van der Waals surface area contributed by atoms with Crippen LogP contribution in [0.1, 0.15) is 26.7 Å². The maximum atomic E-state index is 11.8. The van der Waals surface area contributed by atoms with Crippen LogP contribution in [0.3, 0.4) is 0 Å². The molecule has 5 heteroatoms. The zero-order valence-corrected chi connectivity index (χ0v) is 10.1. The summed E-state index contributed by atoms with van der Waals surface area (Å²) in [6, 6.07) is -0.123. The van der Waals surface area contributed by atoms with Gasteiger partial charge in [-0.2, -0.15) is 0 Å². The minimum absolute atomic E-state index is 0.123. The molecule has 0 aliphatic carbocycles. The summed E-state index contributed by atoms with van der Waals surface area (Å²) in [5.41, 5.74) is 0. The molecule has 1 aliphatic rings. The largest absolute Gasteiger partial charge is 0.447 e. The molecule has 0 N–H and O–H groups in total. The SMILES string of the molecule is COCCCC(=O)N1C(=O)OC[C@@H]1C(C)C. The molecule has 92 valence electrons. The van der Waals surface area contributed by atoms with Crippen molar-refractivity contribution in [2.45, 2.75) is 32.7 Å². The third-order valence-corrected chi connectivity index (χ3v) is 2.68. The van der Waals surface area contributed by atoms with Crippen molar-refractivity contribution in [3.8, 4) is 0 Å². The Morgan fingerprint density at radius 1 is 1.62 bits per heavy atom. The fraction of sp³-hybridized carbons (Fsp3) is 0.818. The molecule has 2 amide bonds. The molecule has 16 heavy (non-hydrogen) atoms. The maximum absolute atomic E-state index is 11.8. The molecule has 0 saturated carbocycles. The van der Waals surface area contributed by atoms with E-state index in [1.54, 1.807) is 7.11 Å². The van der Waals surface area contributed by atoms with E-state index in [2.05, 4.69) is 0 Å². The number of hydrogen-bond donors (Lipinski definition) is 0. The zero-order valence-electron chi connectivity index (χ0n) is 10.1. The van der Waals surface area contributed by atoms with Gasteiger partial charge in [0.1, 0.15) is 6.61 Å². The highest BCUT2D eigenvalue weighted by Gasteiger charge is 2.38. The summed E-state index contributed by atoms with van der Waals surface area (Å²) < 4.78 is 9.77. The summed E-state index contributed by atoms with van der Waals surface area (Å²) in [4.78, 5) is 24.5. The normalized spacial score (nSPS) is 20.4. The third kappa shape index (κ3) is 2.95. The molecule has 1 fully saturated rings. The highest BCUT2D eigenvalue weighted by molar-refractivity contribution is 5.93. The van der Waals surface area contributed by atoms with Crippen molar-refractivity contribution in [3.63, 3.8) is 0 Å². The first-order valence-corrected chi connectivity index (χ1v) is 5.55. The number of imide groups is 1. The van der Waals surface area contributed by atoms with E-state index in [0.29, 0.717) is 26.1 Å². The number of ether oxygens (including phenoxy) is 2. The molecule has 0 aromatic carbocycles. The predicted octanol–water partition coefficient (Wildman–Crippen LogP) is 1.42. The van der Waals surface area contributed by atoms with Crippen LogP contribution in [0, 0.1) is 5.92 Å². The second-order valence-corrected chi connectivity index (χ2v) is 4.25. The van der Waals surface area contributed by atoms with Gasteiger partial charge >= 0.3 is 6.09 Å². The molecule has 0 aromatic heterocycles. The molecule has 1 saturated heterocycles. The average Bonchev–Trinajstić information content (AvgIpc) is 2.60. The van der Waals surface area contributed by atoms with E-state index >= 15 is 0 Å². The average molecular weight is 229 g/mol. The molecule has 5 nitrogen and oxygen atoms in total. The van der Waals surface area contributed by atoms with E-state index in [1.807, 2.05) is 13.8 Å². The van der Waals surface area contributed by atoms with Gasteiger partial charge in [-0.25, -0.2) is 9.69 Å². The lowest BCUT2D eigenvalue weighted by Gasteiger charge is -2.22. The van der Waals surface area contributed by atoms with Gasteiger partial charge in [-0.3, -0.25) is 4.79 Å². The van der Waals surface area contributed by atoms with E-state index in [4.69, 9.17) is 9.47 Å². The molecular weight excluding hydrogens is 210 g/mol. The summed E-state index contributed by atoms with van der Waals surface area (Å²) in [5.74, 6) is 0.0519. The first-order valence-electron chi connectivity index (χ1n) is 5.55. The molecule has 1 heterocycles. The van der Waals surface area contributed by atoms with E-state index in [1.165, 1.54) is 4.90 Å². The van der Waals surface area contributed by atoms with Crippen LogP contribution in [0.25, 0.3) is 0 Å². The lowest BCUT2D eigenvalue weighted by atomic mass is 10.0. The first-order chi connectivity index (χ1) is 7.57. The summed E-state index contributed by atoms with van der Waals surface area (Å²) in [7, 11) is 1.59. The molecular formula is C11H19NO4. The van der Waals surface area contributed by atoms with Gasteiger partial charge in [-0.1, -0.05) is 13.8 Å². The Morgan fingerprint density at radius 2 is 2.31 bits per heavy atom. The molecule has 1 atom stereocenters. The summed E-state index contributed by atoms with van der Waals surface area (Å²) in [5, 5.41) is 0. The van der Waals surface area contributed by atoms with Gasteiger partial charge in [0.2, 0.25) is 5.91 Å². The van der Waals surface area contributed by atoms with Crippen LogP contribution < -0.4 is 0 Å². The van der Waals surface area contributed by atoms with E-state index < -0.39 is 6.09 Å². The highest BCUT2D eigenvalue weighted by atomic mass is 16.6. The number of rotatable bonds is 5. The molecule has 1 aliphatic heterocycles. The molecule has 0 radical (unpaired) electrons. The minimum atomic E-state index is -0.513. The van der Waals surface area contributed by atoms with Crippen LogP contribution >= 0.6 is 0 Å². The van der Waals surface area contributed by atoms with Gasteiger partial charge < -0.3 is 9.47 Å². The van der Waals surface area contributed by atoms with Gasteiger partial charge in [0.05, 0.1) is 6.04 Å². The molecule has 0 spiro atoms. The number of carbonyl (C=O) groups is 2. The number of hydrogen-bond acceptors (Lipinski definition) is 4. The maximum Gasteiger partial charge on any atom is 0.416 e. The van der Waals surface area contributed by atoms with Crippen molar-refractivity contribution in [1.29, 1.82) is 0 Å². The monoisotopic (exact) mass is 229 g/mol. The summed E-state index contributed by atoms with van der Waals surface area (Å²) in [6.07, 6.45) is 0.442. The lowest BCUT2D eigenvalue weighted by Crippen LogP contribution is -2.41. The van der Waals surface area contributed by atoms with Gasteiger partial charge in [0, 0.05) is 20.1 Å². The van der Waals surface area contributed by atoms with Crippen molar-refractivity contribution in [3.05, 3.63) is 0 Å². The second kappa shape index (κ2) is 5.84. The van der Waals surface area contributed by atoms with Crippen molar-refractivity contribution >= 4 is 12.0 Å². The van der Waals surface area contributed by atoms with Crippen LogP contribution in [0.5, 0.6) is 0 Å². The number of methoxy groups -OCH3 is 1. The molecule has 0 aromatic rings. The smallest absolute Gasteiger partial charge is 0.416 e. The van der Waals surface area contributed by atoms with Crippen LogP contribution in [-0.2, 0) is 14.3 Å². The first kappa shape index (κ1) is 13.0. The fourth-order valence-electron chi connectivity index (χ4n) is 1.70. The number of cyclic esters (lactones) is 1. The fourth-order valence-corrected chi connectivity index (χ4v) is 1.70. The Labute approximate surface area is 95.7 Å². The standard InChI is InChI=1S/C11H19NO4/c1-8(2)9-7-16-11(14)12(9)10(13)5-4-6-15-3/h8-9H,4-7H2,1-3H3/t9-/m1/s1. The van der Waals surface area contributed by atoms with Crippen molar-refractivity contribution in [2.24, 2.45) is 5.92 Å². The van der Waals surface area contributed by atoms with Crippen LogP contribution in [0.2, 0.25) is 0 Å². The predicted molar refractivity (Wildman–Crippen MR) is 57.9 cm³/mol. The quantitative estimate of drug-likeness (QED) is 0.669. The van der Waals surface area contributed by atoms with Crippen LogP contribution in [0.15, 0.2) is 0 Å². The van der Waals surface area contributed by atoms with E-state index in [9.17, 15) is 9.59 Å². The summed E-state index contributed by atoms with van der Waals surface area (Å²) in [6.45, 7) is 4.79. The Balaban J connectivity index is 2.54. The Hall–Kier alpha value is -1.10. The highest BCUT2D eigenvalue weighted by Crippen LogP contribution is 2.20. The van der Waals surface area contributed by atoms with E-state index in [0.717, 1.165) is 0 Å². The van der Waals surface area contributed by atoms with Crippen LogP contribution in [0.4, 0.5) is 4.79 Å². The zero-order chi connectivity index (χ0) is 12.1. The Kier molecular flexibility index (Phi) is 4.73. The lowest BCUT2D eigenvalue weighted by molar-refractivity contribution is -0.130. The van der Waals surface area contributed by atoms with Crippen molar-refractivity contribution < 1.29 is 19.1 Å². The number of amides is 2. The molecule has 0 bridgehead atoms. The second-order valence-electron chi connectivity index (χ2n) is 4.25. The van der Waals surface area contributed by atoms with Gasteiger partial charge in [-0.05, 0) is 12.3 Å². The molecule has 0 unspecified atom stereocenters. The number of carbonyl (C=O) groups excluding carboxylic acids is 2. The number of nitrogens with zero attached hydrogens (tertiary/aromatic N) is 1. The topological polar surface area (TPSA) is 55.8 Å². The van der Waals surface area contributed by atoms with Crippen molar-refractivity contribution in [2.75, 3.05) is 20.3 Å². The van der Waals surface area contributed by atoms with E-state index in [-0.39, 0.29) is 17.9 Å². The Bertz CT molecular complexity index is 265. The minimum Gasteiger partial charge on any atom is -0.447 e. The van der Waals surface area contributed by atoms with Crippen molar-refractivity contribution in [1.82, 2.24) is 4.90 Å². The molecule has 1 rings (SSSR count). The van der Waals surface area contributed by atoms with Crippen LogP contribution in [-0.4, -0.2) is 43.3 Å². The van der Waals surface area contributed by atoms with Gasteiger partial charge in [0.25, 0.3) is 0 Å².